The van der Waals surface area contributed by atoms with Gasteiger partial charge in [0.05, 0.1) is 0 Å². The Balaban J connectivity index is 1.28. The summed E-state index contributed by atoms with van der Waals surface area (Å²) in [6.07, 6.45) is 1.84. The normalized spacial score (nSPS) is 16.1. The largest absolute Gasteiger partial charge is 0.489 e. The first kappa shape index (κ1) is 21.7. The van der Waals surface area contributed by atoms with Crippen molar-refractivity contribution in [3.05, 3.63) is 88.2 Å². The molecule has 2 aromatic heterocycles. The number of rotatable bonds is 8. The Labute approximate surface area is 197 Å². The Hall–Kier alpha value is -3.13. The molecule has 5 rings (SSSR count). The molecule has 1 aliphatic rings. The van der Waals surface area contributed by atoms with Gasteiger partial charge in [-0.05, 0) is 29.1 Å². The van der Waals surface area contributed by atoms with E-state index >= 15 is 0 Å². The minimum Gasteiger partial charge on any atom is -0.489 e. The molecule has 1 fully saturated rings. The van der Waals surface area contributed by atoms with E-state index in [0.29, 0.717) is 6.61 Å². The summed E-state index contributed by atoms with van der Waals surface area (Å²) in [6.45, 7) is 4.61. The maximum atomic E-state index is 12.3. The molecule has 170 valence electrons. The third-order valence-electron chi connectivity index (χ3n) is 6.19. The summed E-state index contributed by atoms with van der Waals surface area (Å²) in [5, 5.41) is 13.1. The number of nitrogens with zero attached hydrogens (tertiary/aromatic N) is 2. The fourth-order valence-electron chi connectivity index (χ4n) is 4.47. The first-order chi connectivity index (χ1) is 16.2. The van der Waals surface area contributed by atoms with Crippen LogP contribution in [0, 0.1) is 0 Å². The molecule has 1 saturated heterocycles. The number of benzene rings is 2. The van der Waals surface area contributed by atoms with E-state index in [1.165, 1.54) is 4.88 Å². The van der Waals surface area contributed by atoms with Gasteiger partial charge in [-0.2, -0.15) is 0 Å². The van der Waals surface area contributed by atoms with Crippen molar-refractivity contribution in [3.8, 4) is 5.75 Å². The van der Waals surface area contributed by atoms with Gasteiger partial charge in [-0.3, -0.25) is 14.6 Å². The van der Waals surface area contributed by atoms with E-state index in [2.05, 4.69) is 32.3 Å². The molecule has 7 heteroatoms. The average molecular weight is 462 g/mol. The molecule has 3 heterocycles. The van der Waals surface area contributed by atoms with Crippen molar-refractivity contribution in [3.63, 3.8) is 0 Å². The number of aromatic amines is 1. The fourth-order valence-corrected chi connectivity index (χ4v) is 5.22. The summed E-state index contributed by atoms with van der Waals surface area (Å²) in [5.41, 5.74) is 2.80. The van der Waals surface area contributed by atoms with Crippen LogP contribution in [0.25, 0.3) is 10.9 Å². The van der Waals surface area contributed by atoms with Crippen LogP contribution in [0.1, 0.15) is 22.0 Å². The van der Waals surface area contributed by atoms with Gasteiger partial charge in [0.15, 0.2) is 0 Å². The van der Waals surface area contributed by atoms with Crippen LogP contribution in [-0.2, 0) is 17.9 Å². The molecule has 0 unspecified atom stereocenters. The number of nitrogens with one attached hydrogen (secondary N) is 1. The Morgan fingerprint density at radius 1 is 1.06 bits per heavy atom. The van der Waals surface area contributed by atoms with Crippen LogP contribution in [-0.4, -0.2) is 52.0 Å². The monoisotopic (exact) mass is 461 g/mol. The second kappa shape index (κ2) is 9.79. The minimum absolute atomic E-state index is 0.493. The van der Waals surface area contributed by atoms with Crippen molar-refractivity contribution in [2.75, 3.05) is 26.2 Å². The number of carboxylic acid groups (broad SMARTS) is 1. The van der Waals surface area contributed by atoms with Gasteiger partial charge in [0.25, 0.3) is 0 Å². The average Bonchev–Trinajstić information content (AvgIpc) is 3.49. The predicted molar refractivity (Wildman–Crippen MR) is 131 cm³/mol. The summed E-state index contributed by atoms with van der Waals surface area (Å²) in [6, 6.07) is 19.4. The Bertz CT molecular complexity index is 1200. The molecule has 1 aliphatic heterocycles. The maximum absolute atomic E-state index is 12.3. The van der Waals surface area contributed by atoms with Crippen LogP contribution in [0.5, 0.6) is 5.75 Å². The smallest absolute Gasteiger partial charge is 0.325 e. The molecule has 0 aliphatic carbocycles. The molecule has 0 saturated carbocycles. The van der Waals surface area contributed by atoms with E-state index in [9.17, 15) is 9.90 Å². The highest BCUT2D eigenvalue weighted by Crippen LogP contribution is 2.32. The van der Waals surface area contributed by atoms with E-state index in [1.54, 1.807) is 11.3 Å². The number of piperazine rings is 1. The molecule has 0 radical (unpaired) electrons. The number of carbonyl (C=O) groups is 1. The first-order valence-corrected chi connectivity index (χ1v) is 12.0. The molecule has 2 aromatic carbocycles. The van der Waals surface area contributed by atoms with Crippen LogP contribution in [0.4, 0.5) is 0 Å². The second-order valence-electron chi connectivity index (χ2n) is 8.36. The van der Waals surface area contributed by atoms with Crippen molar-refractivity contribution in [2.45, 2.75) is 19.2 Å². The number of aliphatic carboxylic acids is 1. The van der Waals surface area contributed by atoms with Crippen LogP contribution in [0.3, 0.4) is 0 Å². The second-order valence-corrected chi connectivity index (χ2v) is 9.39. The molecule has 0 bridgehead atoms. The summed E-state index contributed by atoms with van der Waals surface area (Å²) < 4.78 is 5.94. The number of thiophene rings is 1. The third-order valence-corrected chi connectivity index (χ3v) is 7.05. The summed E-state index contributed by atoms with van der Waals surface area (Å²) in [4.78, 5) is 21.4. The highest BCUT2D eigenvalue weighted by Gasteiger charge is 2.32. The molecular formula is C26H27N3O3S. The molecular weight excluding hydrogens is 434 g/mol. The van der Waals surface area contributed by atoms with E-state index in [1.807, 2.05) is 54.7 Å². The lowest BCUT2D eigenvalue weighted by atomic mass is 10.0. The summed E-state index contributed by atoms with van der Waals surface area (Å²) in [7, 11) is 0. The van der Waals surface area contributed by atoms with Gasteiger partial charge in [-0.25, -0.2) is 0 Å². The van der Waals surface area contributed by atoms with Crippen molar-refractivity contribution in [2.24, 2.45) is 0 Å². The van der Waals surface area contributed by atoms with Crippen molar-refractivity contribution >= 4 is 28.2 Å². The van der Waals surface area contributed by atoms with Gasteiger partial charge < -0.3 is 14.8 Å². The first-order valence-electron chi connectivity index (χ1n) is 11.2. The molecule has 2 N–H and O–H groups in total. The Morgan fingerprint density at radius 3 is 2.61 bits per heavy atom. The number of H-pyrrole nitrogens is 1. The lowest BCUT2D eigenvalue weighted by molar-refractivity contribution is -0.144. The highest BCUT2D eigenvalue weighted by molar-refractivity contribution is 7.09. The third kappa shape index (κ3) is 4.95. The Kier molecular flexibility index (Phi) is 6.44. The SMILES string of the molecule is O=C(O)[C@@H](c1c[nH]c2cc(OCc3ccccc3)ccc12)N1CCN(Cc2cccs2)CC1. The van der Waals surface area contributed by atoms with E-state index in [4.69, 9.17) is 4.74 Å². The topological polar surface area (TPSA) is 68.8 Å². The molecule has 4 aromatic rings. The van der Waals surface area contributed by atoms with Crippen LogP contribution in [0.2, 0.25) is 0 Å². The van der Waals surface area contributed by atoms with E-state index < -0.39 is 12.0 Å². The van der Waals surface area contributed by atoms with Crippen LogP contribution < -0.4 is 4.74 Å². The quantitative estimate of drug-likeness (QED) is 0.396. The van der Waals surface area contributed by atoms with Crippen LogP contribution in [0.15, 0.2) is 72.2 Å². The van der Waals surface area contributed by atoms with E-state index in [0.717, 1.165) is 60.5 Å². The standard InChI is InChI=1S/C26H27N3O3S/c30-26(31)25(29-12-10-28(11-13-29)17-21-7-4-14-33-21)23-16-27-24-15-20(8-9-22(23)24)32-18-19-5-2-1-3-6-19/h1-9,14-16,25,27H,10-13,17-18H2,(H,30,31)/t25-/m1/s1. The number of carboxylic acids is 1. The zero-order valence-electron chi connectivity index (χ0n) is 18.3. The molecule has 0 spiro atoms. The highest BCUT2D eigenvalue weighted by atomic mass is 32.1. The lowest BCUT2D eigenvalue weighted by Crippen LogP contribution is -2.48. The summed E-state index contributed by atoms with van der Waals surface area (Å²) in [5.74, 6) is -0.0548. The summed E-state index contributed by atoms with van der Waals surface area (Å²) >= 11 is 1.77. The van der Waals surface area contributed by atoms with Crippen molar-refractivity contribution in [1.29, 1.82) is 0 Å². The number of aromatic nitrogens is 1. The van der Waals surface area contributed by atoms with Gasteiger partial charge >= 0.3 is 5.97 Å². The van der Waals surface area contributed by atoms with Crippen molar-refractivity contribution < 1.29 is 14.6 Å². The van der Waals surface area contributed by atoms with Gasteiger partial charge in [0, 0.05) is 66.3 Å². The number of fused-ring (bicyclic) bond motifs is 1. The molecule has 33 heavy (non-hydrogen) atoms. The maximum Gasteiger partial charge on any atom is 0.325 e. The fraction of sp³-hybridized carbons (Fsp3) is 0.269. The Morgan fingerprint density at radius 2 is 1.88 bits per heavy atom. The van der Waals surface area contributed by atoms with Crippen LogP contribution >= 0.6 is 11.3 Å². The molecule has 1 atom stereocenters. The number of hydrogen-bond acceptors (Lipinski definition) is 5. The van der Waals surface area contributed by atoms with Crippen molar-refractivity contribution in [1.82, 2.24) is 14.8 Å². The zero-order chi connectivity index (χ0) is 22.6. The number of ether oxygens (including phenoxy) is 1. The number of hydrogen-bond donors (Lipinski definition) is 2. The zero-order valence-corrected chi connectivity index (χ0v) is 19.1. The molecule has 0 amide bonds. The lowest BCUT2D eigenvalue weighted by Gasteiger charge is -2.37. The van der Waals surface area contributed by atoms with Gasteiger partial charge in [-0.15, -0.1) is 11.3 Å². The van der Waals surface area contributed by atoms with Gasteiger partial charge in [0.2, 0.25) is 0 Å². The van der Waals surface area contributed by atoms with Gasteiger partial charge in [-0.1, -0.05) is 36.4 Å². The molecule has 6 nitrogen and oxygen atoms in total. The van der Waals surface area contributed by atoms with E-state index in [-0.39, 0.29) is 0 Å². The minimum atomic E-state index is -0.813. The van der Waals surface area contributed by atoms with Gasteiger partial charge in [0.1, 0.15) is 18.4 Å². The predicted octanol–water partition coefficient (Wildman–Crippen LogP) is 4.75.